The number of nitrogens with zero attached hydrogens (tertiary/aromatic N) is 4. The summed E-state index contributed by atoms with van der Waals surface area (Å²) in [4.78, 5) is 55.9. The van der Waals surface area contributed by atoms with Crippen LogP contribution in [-0.4, -0.2) is 90.0 Å². The summed E-state index contributed by atoms with van der Waals surface area (Å²) in [5.74, 6) is -1.02. The number of anilines is 1. The van der Waals surface area contributed by atoms with E-state index in [9.17, 15) is 19.2 Å². The molecular weight excluding hydrogens is 693 g/mol. The third-order valence-electron chi connectivity index (χ3n) is 7.40. The molecule has 2 aromatic rings. The first-order valence-corrected chi connectivity index (χ1v) is 17.6. The number of para-hydroxylation sites is 1. The highest BCUT2D eigenvalue weighted by Gasteiger charge is 2.66. The maximum Gasteiger partial charge on any atom is 0.415 e. The van der Waals surface area contributed by atoms with Crippen molar-refractivity contribution in [3.8, 4) is 0 Å². The molecule has 2 aliphatic heterocycles. The minimum Gasteiger partial charge on any atom is -0.460 e. The number of esters is 1. The minimum atomic E-state index is -1.83. The SMILES string of the molecule is Cc1nnc(SCC2(C)S[C@@H]3C(NC(=O)CN(C(=O)OC(C)C4CC4)c4ccccc4)C(=O)N3C2C(=O)OCC(Cl)(Cl)Cl)s1. The molecule has 1 aromatic heterocycles. The highest BCUT2D eigenvalue weighted by molar-refractivity contribution is 8.05. The summed E-state index contributed by atoms with van der Waals surface area (Å²) in [7, 11) is 0. The highest BCUT2D eigenvalue weighted by atomic mass is 35.6. The fraction of sp³-hybridized carbons (Fsp3) is 0.556. The monoisotopic (exact) mass is 721 g/mol. The number of hydrogen-bond donors (Lipinski definition) is 1. The molecule has 17 heteroatoms. The van der Waals surface area contributed by atoms with Gasteiger partial charge >= 0.3 is 12.1 Å². The number of β-lactam (4-membered cyclic amide) rings is 1. The van der Waals surface area contributed by atoms with Gasteiger partial charge in [0, 0.05) is 11.4 Å². The van der Waals surface area contributed by atoms with E-state index in [4.69, 9.17) is 44.3 Å². The maximum atomic E-state index is 13.5. The van der Waals surface area contributed by atoms with Gasteiger partial charge in [-0.15, -0.1) is 22.0 Å². The number of alkyl halides is 3. The molecule has 3 aliphatic rings. The van der Waals surface area contributed by atoms with Gasteiger partial charge in [-0.05, 0) is 51.7 Å². The third kappa shape index (κ3) is 7.69. The number of hydrogen-bond acceptors (Lipinski definition) is 11. The smallest absolute Gasteiger partial charge is 0.415 e. The van der Waals surface area contributed by atoms with Crippen LogP contribution in [0.1, 0.15) is 31.7 Å². The van der Waals surface area contributed by atoms with Crippen LogP contribution in [0.15, 0.2) is 34.7 Å². The van der Waals surface area contributed by atoms with E-state index in [0.29, 0.717) is 21.7 Å². The van der Waals surface area contributed by atoms with E-state index < -0.39 is 56.5 Å². The Morgan fingerprint density at radius 2 is 1.93 bits per heavy atom. The summed E-state index contributed by atoms with van der Waals surface area (Å²) < 4.78 is 9.01. The number of aryl methyl sites for hydroxylation is 1. The molecule has 1 aliphatic carbocycles. The predicted octanol–water partition coefficient (Wildman–Crippen LogP) is 4.82. The molecule has 0 spiro atoms. The summed E-state index contributed by atoms with van der Waals surface area (Å²) in [6.45, 7) is 4.68. The average Bonchev–Trinajstić information content (AvgIpc) is 3.69. The van der Waals surface area contributed by atoms with E-state index in [0.717, 1.165) is 17.8 Å². The number of thioether (sulfide) groups is 2. The van der Waals surface area contributed by atoms with Crippen LogP contribution < -0.4 is 10.2 Å². The molecule has 1 N–H and O–H groups in total. The molecule has 11 nitrogen and oxygen atoms in total. The van der Waals surface area contributed by atoms with Gasteiger partial charge in [0.25, 0.3) is 0 Å². The van der Waals surface area contributed by atoms with E-state index in [2.05, 4.69) is 15.5 Å². The van der Waals surface area contributed by atoms with Crippen molar-refractivity contribution in [3.05, 3.63) is 35.3 Å². The van der Waals surface area contributed by atoms with Crippen molar-refractivity contribution >= 4 is 99.2 Å². The lowest BCUT2D eigenvalue weighted by Gasteiger charge is -2.44. The number of nitrogens with one attached hydrogen (secondary N) is 1. The van der Waals surface area contributed by atoms with Crippen LogP contribution in [0.3, 0.4) is 0 Å². The summed E-state index contributed by atoms with van der Waals surface area (Å²) in [5, 5.41) is 11.2. The van der Waals surface area contributed by atoms with Crippen LogP contribution in [0.25, 0.3) is 0 Å². The van der Waals surface area contributed by atoms with Gasteiger partial charge in [0.05, 0.1) is 4.75 Å². The van der Waals surface area contributed by atoms with Crippen molar-refractivity contribution in [1.29, 1.82) is 0 Å². The molecule has 44 heavy (non-hydrogen) atoms. The Morgan fingerprint density at radius 1 is 1.23 bits per heavy atom. The fourth-order valence-corrected chi connectivity index (χ4v) is 9.04. The normalized spacial score (nSPS) is 25.1. The van der Waals surface area contributed by atoms with Gasteiger partial charge in [-0.1, -0.05) is 76.1 Å². The first-order chi connectivity index (χ1) is 20.8. The van der Waals surface area contributed by atoms with Crippen LogP contribution in [0, 0.1) is 12.8 Å². The molecule has 0 bridgehead atoms. The third-order valence-corrected chi connectivity index (χ3v) is 11.9. The van der Waals surface area contributed by atoms with E-state index >= 15 is 0 Å². The average molecular weight is 723 g/mol. The Balaban J connectivity index is 1.29. The Morgan fingerprint density at radius 3 is 2.55 bits per heavy atom. The Labute approximate surface area is 282 Å². The van der Waals surface area contributed by atoms with Gasteiger partial charge in [-0.2, -0.15) is 0 Å². The number of ether oxygens (including phenoxy) is 2. The number of carbonyl (C=O) groups excluding carboxylic acids is 4. The molecule has 5 rings (SSSR count). The number of rotatable bonds is 11. The number of fused-ring (bicyclic) bond motifs is 1. The second-order valence-corrected chi connectivity index (χ2v) is 17.5. The van der Waals surface area contributed by atoms with Crippen molar-refractivity contribution < 1.29 is 28.7 Å². The molecule has 1 aromatic carbocycles. The zero-order chi connectivity index (χ0) is 31.8. The van der Waals surface area contributed by atoms with Crippen molar-refractivity contribution in [2.75, 3.05) is 23.8 Å². The Hall–Kier alpha value is -1.97. The van der Waals surface area contributed by atoms with E-state index in [1.54, 1.807) is 30.3 Å². The van der Waals surface area contributed by atoms with Crippen molar-refractivity contribution in [3.63, 3.8) is 0 Å². The van der Waals surface area contributed by atoms with Crippen molar-refractivity contribution in [2.45, 2.75) is 70.1 Å². The van der Waals surface area contributed by atoms with Gasteiger partial charge in [0.15, 0.2) is 4.34 Å². The summed E-state index contributed by atoms with van der Waals surface area (Å²) >= 11 is 21.6. The minimum absolute atomic E-state index is 0.272. The Bertz CT molecular complexity index is 1410. The number of halogens is 3. The van der Waals surface area contributed by atoms with Crippen LogP contribution in [0.2, 0.25) is 0 Å². The van der Waals surface area contributed by atoms with Gasteiger partial charge in [0.1, 0.15) is 41.7 Å². The molecule has 5 atom stereocenters. The van der Waals surface area contributed by atoms with Gasteiger partial charge in [-0.3, -0.25) is 14.5 Å². The topological polar surface area (TPSA) is 131 Å². The lowest BCUT2D eigenvalue weighted by atomic mass is 9.95. The zero-order valence-electron chi connectivity index (χ0n) is 23.9. The zero-order valence-corrected chi connectivity index (χ0v) is 28.6. The molecule has 1 saturated carbocycles. The van der Waals surface area contributed by atoms with Gasteiger partial charge < -0.3 is 19.7 Å². The molecule has 3 heterocycles. The standard InChI is InChI=1S/C27H30Cl3N5O6S3/c1-14(16-9-10-16)41-25(39)34(17-7-5-4-6-8-17)11-18(36)31-19-21(37)35-20(23(38)40-12-27(28,29)30)26(3,44-22(19)35)13-42-24-33-32-15(2)43-24/h4-8,14,16,19-20,22H,9-13H2,1-3H3,(H,31,36)/t14?,19?,20?,22-,26?/m1/s1. The predicted molar refractivity (Wildman–Crippen MR) is 171 cm³/mol. The van der Waals surface area contributed by atoms with Crippen LogP contribution in [0.4, 0.5) is 10.5 Å². The highest BCUT2D eigenvalue weighted by Crippen LogP contribution is 2.53. The Kier molecular flexibility index (Phi) is 10.2. The molecule has 238 valence electrons. The molecule has 2 saturated heterocycles. The maximum absolute atomic E-state index is 13.5. The second-order valence-electron chi connectivity index (χ2n) is 11.0. The lowest BCUT2D eigenvalue weighted by Crippen LogP contribution is -2.71. The summed E-state index contributed by atoms with van der Waals surface area (Å²) in [5.41, 5.74) is 0.487. The molecule has 4 unspecified atom stereocenters. The number of aromatic nitrogens is 2. The fourth-order valence-electron chi connectivity index (χ4n) is 5.02. The molecule has 3 fully saturated rings. The number of benzene rings is 1. The van der Waals surface area contributed by atoms with Gasteiger partial charge in [0.2, 0.25) is 15.6 Å². The molecule has 0 radical (unpaired) electrons. The van der Waals surface area contributed by atoms with E-state index in [1.807, 2.05) is 20.8 Å². The van der Waals surface area contributed by atoms with Crippen molar-refractivity contribution in [2.24, 2.45) is 5.92 Å². The largest absolute Gasteiger partial charge is 0.460 e. The lowest BCUT2D eigenvalue weighted by molar-refractivity contribution is -0.164. The van der Waals surface area contributed by atoms with E-state index in [-0.39, 0.29) is 12.6 Å². The quantitative estimate of drug-likeness (QED) is 0.149. The number of carbonyl (C=O) groups is 4. The molecular formula is C27H30Cl3N5O6S3. The second kappa shape index (κ2) is 13.4. The molecule has 3 amide bonds. The van der Waals surface area contributed by atoms with Crippen LogP contribution in [0.5, 0.6) is 0 Å². The first kappa shape index (κ1) is 33.4. The van der Waals surface area contributed by atoms with Crippen LogP contribution in [-0.2, 0) is 23.9 Å². The van der Waals surface area contributed by atoms with Crippen LogP contribution >= 0.6 is 69.7 Å². The number of amides is 3. The van der Waals surface area contributed by atoms with Gasteiger partial charge in [-0.25, -0.2) is 9.59 Å². The van der Waals surface area contributed by atoms with E-state index in [1.165, 1.54) is 44.7 Å². The summed E-state index contributed by atoms with van der Waals surface area (Å²) in [6.07, 6.45) is 1.08. The summed E-state index contributed by atoms with van der Waals surface area (Å²) in [6, 6.07) is 6.78. The first-order valence-electron chi connectivity index (χ1n) is 13.7. The van der Waals surface area contributed by atoms with Crippen molar-refractivity contribution in [1.82, 2.24) is 20.4 Å².